The lowest BCUT2D eigenvalue weighted by Crippen LogP contribution is -2.50. The number of aliphatic hydroxyl groups excluding tert-OH is 2. The van der Waals surface area contributed by atoms with Crippen LogP contribution in [0.4, 0.5) is 5.82 Å². The number of nitrogens with two attached hydrogens (primary N) is 1. The zero-order valence-electron chi connectivity index (χ0n) is 32.1. The topological polar surface area (TPSA) is 218 Å². The number of ether oxygens (including phenoxy) is 3. The van der Waals surface area contributed by atoms with Crippen LogP contribution in [0.3, 0.4) is 0 Å². The van der Waals surface area contributed by atoms with E-state index in [2.05, 4.69) is 50.3 Å². The molecule has 8 rings (SSSR count). The van der Waals surface area contributed by atoms with Crippen LogP contribution in [0, 0.1) is 24.2 Å². The molecule has 0 radical (unpaired) electrons. The van der Waals surface area contributed by atoms with Crippen molar-refractivity contribution in [3.63, 3.8) is 0 Å². The monoisotopic (exact) mass is 806 g/mol. The van der Waals surface area contributed by atoms with E-state index in [1.54, 1.807) is 17.4 Å². The van der Waals surface area contributed by atoms with Gasteiger partial charge in [0.15, 0.2) is 5.82 Å². The van der Waals surface area contributed by atoms with Crippen molar-refractivity contribution in [2.45, 2.75) is 81.8 Å². The van der Waals surface area contributed by atoms with Crippen molar-refractivity contribution < 1.29 is 34.0 Å². The molecule has 5 aromatic rings. The number of rotatable bonds is 13. The molecule has 1 saturated carbocycles. The molecular weight excluding hydrogens is 761 g/mol. The number of thiophene rings is 1. The van der Waals surface area contributed by atoms with Crippen LogP contribution in [-0.4, -0.2) is 86.8 Å². The molecule has 15 nitrogen and oxygen atoms in total. The van der Waals surface area contributed by atoms with Gasteiger partial charge in [-0.1, -0.05) is 24.3 Å². The second-order valence-corrected chi connectivity index (χ2v) is 16.4. The fourth-order valence-electron chi connectivity index (χ4n) is 7.86. The first kappa shape index (κ1) is 39.4. The Morgan fingerprint density at radius 1 is 1.16 bits per heavy atom. The minimum Gasteiger partial charge on any atom is -0.488 e. The Morgan fingerprint density at radius 2 is 2.00 bits per heavy atom. The lowest BCUT2D eigenvalue weighted by atomic mass is 9.92. The number of anilines is 1. The predicted molar refractivity (Wildman–Crippen MR) is 215 cm³/mol. The van der Waals surface area contributed by atoms with Crippen LogP contribution in [0.5, 0.6) is 5.75 Å². The highest BCUT2D eigenvalue weighted by atomic mass is 32.1. The largest absolute Gasteiger partial charge is 0.488 e. The van der Waals surface area contributed by atoms with Gasteiger partial charge in [0.25, 0.3) is 5.91 Å². The van der Waals surface area contributed by atoms with Crippen molar-refractivity contribution in [2.75, 3.05) is 25.4 Å². The molecule has 0 spiro atoms. The van der Waals surface area contributed by atoms with Gasteiger partial charge in [-0.05, 0) is 92.3 Å². The van der Waals surface area contributed by atoms with Gasteiger partial charge >= 0.3 is 5.97 Å². The Balaban J connectivity index is 0.816. The molecule has 302 valence electrons. The SMILES string of the molecule is Cc1ccc(OC2CNC2)cc1C(=O)N[C@H](C)c1cccc(-c2ccc(CN[C@H]3CC[C@@H](C(=O)OCC4O[C@@](C#N)(c5ccc6c(N)ncnn56)[C@H](O)[C@@H]4O)C3)s2)c1. The highest BCUT2D eigenvalue weighted by molar-refractivity contribution is 7.15. The van der Waals surface area contributed by atoms with Crippen LogP contribution in [0.1, 0.15) is 64.3 Å². The number of nitrogens with one attached hydrogen (secondary N) is 3. The van der Waals surface area contributed by atoms with Gasteiger partial charge in [-0.2, -0.15) is 10.4 Å². The summed E-state index contributed by atoms with van der Waals surface area (Å²) in [7, 11) is 0. The van der Waals surface area contributed by atoms with Crippen molar-refractivity contribution in [1.82, 2.24) is 30.5 Å². The molecule has 7 N–H and O–H groups in total. The van der Waals surface area contributed by atoms with E-state index in [0.29, 0.717) is 36.2 Å². The Hall–Kier alpha value is -5.41. The molecular formula is C42H46N8O7S. The van der Waals surface area contributed by atoms with E-state index < -0.39 is 29.9 Å². The molecule has 7 atom stereocenters. The Labute approximate surface area is 339 Å². The fraction of sp³-hybridized carbons (Fsp3) is 0.405. The van der Waals surface area contributed by atoms with E-state index >= 15 is 0 Å². The number of amides is 1. The van der Waals surface area contributed by atoms with Gasteiger partial charge in [-0.3, -0.25) is 9.59 Å². The van der Waals surface area contributed by atoms with Crippen molar-refractivity contribution >= 4 is 34.5 Å². The number of esters is 1. The summed E-state index contributed by atoms with van der Waals surface area (Å²) in [6, 6.07) is 23.1. The fourth-order valence-corrected chi connectivity index (χ4v) is 8.82. The molecule has 1 unspecified atom stereocenters. The highest BCUT2D eigenvalue weighted by Crippen LogP contribution is 2.41. The molecule has 0 bridgehead atoms. The smallest absolute Gasteiger partial charge is 0.309 e. The molecule has 5 heterocycles. The van der Waals surface area contributed by atoms with Gasteiger partial charge in [0.2, 0.25) is 5.60 Å². The maximum Gasteiger partial charge on any atom is 0.309 e. The quantitative estimate of drug-likeness (QED) is 0.0940. The summed E-state index contributed by atoms with van der Waals surface area (Å²) >= 11 is 1.69. The number of aromatic nitrogens is 3. The van der Waals surface area contributed by atoms with E-state index in [4.69, 9.17) is 19.9 Å². The number of aryl methyl sites for hydroxylation is 1. The van der Waals surface area contributed by atoms with Crippen LogP contribution in [0.15, 0.2) is 73.1 Å². The van der Waals surface area contributed by atoms with Crippen molar-refractivity contribution in [3.8, 4) is 22.3 Å². The maximum absolute atomic E-state index is 13.3. The summed E-state index contributed by atoms with van der Waals surface area (Å²) < 4.78 is 18.9. The van der Waals surface area contributed by atoms with E-state index in [0.717, 1.165) is 46.0 Å². The summed E-state index contributed by atoms with van der Waals surface area (Å²) in [5, 5.41) is 46.1. The molecule has 16 heteroatoms. The number of hydrogen-bond donors (Lipinski definition) is 6. The summed E-state index contributed by atoms with van der Waals surface area (Å²) in [6.07, 6.45) is -0.901. The van der Waals surface area contributed by atoms with E-state index in [9.17, 15) is 25.1 Å². The molecule has 2 saturated heterocycles. The lowest BCUT2D eigenvalue weighted by Gasteiger charge is -2.28. The average molecular weight is 807 g/mol. The first-order valence-electron chi connectivity index (χ1n) is 19.4. The van der Waals surface area contributed by atoms with Crippen LogP contribution < -0.4 is 26.4 Å². The average Bonchev–Trinajstić information content (AvgIpc) is 4.03. The van der Waals surface area contributed by atoms with Gasteiger partial charge in [0.1, 0.15) is 54.7 Å². The molecule has 3 fully saturated rings. The zero-order chi connectivity index (χ0) is 40.6. The second-order valence-electron chi connectivity index (χ2n) is 15.3. The molecule has 3 aliphatic rings. The minimum atomic E-state index is -1.97. The van der Waals surface area contributed by atoms with Crippen LogP contribution in [0.2, 0.25) is 0 Å². The van der Waals surface area contributed by atoms with Crippen molar-refractivity contribution in [1.29, 1.82) is 5.26 Å². The van der Waals surface area contributed by atoms with Crippen molar-refractivity contribution in [2.24, 2.45) is 5.92 Å². The van der Waals surface area contributed by atoms with Gasteiger partial charge in [0, 0.05) is 41.0 Å². The number of carbonyl (C=O) groups is 2. The van der Waals surface area contributed by atoms with Gasteiger partial charge in [-0.25, -0.2) is 9.50 Å². The number of carbonyl (C=O) groups excluding carboxylic acids is 2. The summed E-state index contributed by atoms with van der Waals surface area (Å²) in [4.78, 5) is 32.7. The predicted octanol–water partition coefficient (Wildman–Crippen LogP) is 3.53. The standard InChI is InChI=1S/C42H46N8O7S/c1-23-6-9-29(56-30-17-45-18-30)16-32(23)40(53)49-24(2)25-4-3-5-26(14-25)35-12-10-31(58-35)19-46-28-8-7-27(15-28)41(54)55-20-34-37(51)38(52)42(21-43,57-34)36-13-11-33-39(44)47-22-48-50(33)36/h3-6,9-14,16,22,24,27-28,30,34,37-38,45-46,51-52H,7-8,15,17-20H2,1-2H3,(H,49,53)(H2,44,47,48)/t24-,27-,28+,34?,37-,38-,42+/m1/s1. The number of benzene rings is 2. The van der Waals surface area contributed by atoms with Crippen molar-refractivity contribution in [3.05, 3.63) is 100 Å². The van der Waals surface area contributed by atoms with E-state index in [1.807, 2.05) is 50.2 Å². The van der Waals surface area contributed by atoms with E-state index in [1.165, 1.54) is 16.9 Å². The summed E-state index contributed by atoms with van der Waals surface area (Å²) in [5.41, 5.74) is 8.10. The Bertz CT molecular complexity index is 2360. The van der Waals surface area contributed by atoms with E-state index in [-0.39, 0.29) is 48.1 Å². The van der Waals surface area contributed by atoms with Crippen LogP contribution >= 0.6 is 11.3 Å². The molecule has 1 amide bonds. The number of nitrogens with zero attached hydrogens (tertiary/aromatic N) is 4. The third kappa shape index (κ3) is 7.76. The normalized spacial score (nSPS) is 24.9. The number of aliphatic hydroxyl groups is 2. The first-order valence-corrected chi connectivity index (χ1v) is 20.3. The van der Waals surface area contributed by atoms with Crippen LogP contribution in [-0.2, 0) is 26.4 Å². The lowest BCUT2D eigenvalue weighted by molar-refractivity contribution is -0.155. The van der Waals surface area contributed by atoms with Gasteiger partial charge in [-0.15, -0.1) is 11.3 Å². The third-order valence-corrected chi connectivity index (χ3v) is 12.5. The Morgan fingerprint density at radius 3 is 2.79 bits per heavy atom. The Kier molecular flexibility index (Phi) is 11.2. The second kappa shape index (κ2) is 16.5. The maximum atomic E-state index is 13.3. The third-order valence-electron chi connectivity index (χ3n) is 11.4. The number of hydrogen-bond acceptors (Lipinski definition) is 14. The van der Waals surface area contributed by atoms with Gasteiger partial charge in [0.05, 0.1) is 17.7 Å². The zero-order valence-corrected chi connectivity index (χ0v) is 32.9. The number of fused-ring (bicyclic) bond motifs is 1. The number of nitrogen functional groups attached to an aromatic ring is 1. The molecule has 3 aromatic heterocycles. The van der Waals surface area contributed by atoms with Gasteiger partial charge < -0.3 is 46.1 Å². The first-order chi connectivity index (χ1) is 28.0. The summed E-state index contributed by atoms with van der Waals surface area (Å²) in [5.74, 6) is -0.0315. The molecule has 2 aliphatic heterocycles. The minimum absolute atomic E-state index is 0.112. The summed E-state index contributed by atoms with van der Waals surface area (Å²) in [6.45, 7) is 5.83. The highest BCUT2D eigenvalue weighted by Gasteiger charge is 2.58. The number of nitriles is 1. The van der Waals surface area contributed by atoms with Crippen LogP contribution in [0.25, 0.3) is 16.0 Å². The molecule has 2 aromatic carbocycles. The molecule has 1 aliphatic carbocycles. The molecule has 58 heavy (non-hydrogen) atoms.